The van der Waals surface area contributed by atoms with Crippen LogP contribution in [-0.4, -0.2) is 25.1 Å². The second-order valence-corrected chi connectivity index (χ2v) is 8.97. The van der Waals surface area contributed by atoms with Crippen LogP contribution in [0.1, 0.15) is 11.3 Å². The number of thiazole rings is 1. The van der Waals surface area contributed by atoms with Crippen LogP contribution >= 0.6 is 11.3 Å². The fourth-order valence-corrected chi connectivity index (χ4v) is 4.59. The Bertz CT molecular complexity index is 1080. The lowest BCUT2D eigenvalue weighted by atomic mass is 10.2. The predicted octanol–water partition coefficient (Wildman–Crippen LogP) is 3.32. The van der Waals surface area contributed by atoms with Gasteiger partial charge in [-0.2, -0.15) is 0 Å². The van der Waals surface area contributed by atoms with Crippen LogP contribution < -0.4 is 5.32 Å². The minimum Gasteiger partial charge on any atom is -0.351 e. The molecule has 28 heavy (non-hydrogen) atoms. The molecule has 146 valence electrons. The normalized spacial score (nSPS) is 11.4. The molecule has 2 aromatic carbocycles. The third kappa shape index (κ3) is 5.43. The van der Waals surface area contributed by atoms with Crippen molar-refractivity contribution < 1.29 is 22.0 Å². The molecule has 3 rings (SSSR count). The third-order valence-electron chi connectivity index (χ3n) is 3.80. The number of nitrogens with one attached hydrogen (secondary N) is 1. The number of nitrogens with zero attached hydrogens (tertiary/aromatic N) is 1. The summed E-state index contributed by atoms with van der Waals surface area (Å²) in [6.07, 6.45) is 0. The maximum atomic E-state index is 13.5. The van der Waals surface area contributed by atoms with E-state index in [2.05, 4.69) is 10.3 Å². The highest BCUT2D eigenvalue weighted by molar-refractivity contribution is 7.91. The highest BCUT2D eigenvalue weighted by atomic mass is 32.2. The summed E-state index contributed by atoms with van der Waals surface area (Å²) in [7, 11) is -3.75. The van der Waals surface area contributed by atoms with Crippen LogP contribution in [0, 0.1) is 11.6 Å². The van der Waals surface area contributed by atoms with Crippen LogP contribution in [0.4, 0.5) is 8.78 Å². The molecule has 0 saturated carbocycles. The summed E-state index contributed by atoms with van der Waals surface area (Å²) >= 11 is 1.24. The maximum absolute atomic E-state index is 13.5. The molecule has 0 radical (unpaired) electrons. The van der Waals surface area contributed by atoms with E-state index < -0.39 is 33.1 Å². The molecule has 5 nitrogen and oxygen atoms in total. The van der Waals surface area contributed by atoms with Crippen molar-refractivity contribution in [3.63, 3.8) is 0 Å². The maximum Gasteiger partial charge on any atom is 0.235 e. The van der Waals surface area contributed by atoms with Gasteiger partial charge in [-0.1, -0.05) is 18.2 Å². The molecule has 0 bridgehead atoms. The van der Waals surface area contributed by atoms with E-state index in [1.54, 1.807) is 23.6 Å². The predicted molar refractivity (Wildman–Crippen MR) is 103 cm³/mol. The fourth-order valence-electron chi connectivity index (χ4n) is 2.46. The second-order valence-electron chi connectivity index (χ2n) is 6.05. The molecule has 0 aliphatic carbocycles. The topological polar surface area (TPSA) is 76.1 Å². The quantitative estimate of drug-likeness (QED) is 0.634. The summed E-state index contributed by atoms with van der Waals surface area (Å²) in [6, 6.07) is 11.6. The van der Waals surface area contributed by atoms with E-state index in [0.29, 0.717) is 16.3 Å². The van der Waals surface area contributed by atoms with Crippen LogP contribution in [0.3, 0.4) is 0 Å². The van der Waals surface area contributed by atoms with E-state index in [0.717, 1.165) is 0 Å². The molecule has 0 unspecified atom stereocenters. The number of carbonyl (C=O) groups is 1. The van der Waals surface area contributed by atoms with Crippen molar-refractivity contribution in [2.24, 2.45) is 0 Å². The molecule has 1 amide bonds. The van der Waals surface area contributed by atoms with Gasteiger partial charge in [0.15, 0.2) is 9.84 Å². The first-order valence-electron chi connectivity index (χ1n) is 8.23. The summed E-state index contributed by atoms with van der Waals surface area (Å²) in [5, 5.41) is 4.56. The van der Waals surface area contributed by atoms with E-state index in [1.807, 2.05) is 0 Å². The van der Waals surface area contributed by atoms with Crippen molar-refractivity contribution >= 4 is 27.1 Å². The average Bonchev–Trinajstić information content (AvgIpc) is 3.09. The Hall–Kier alpha value is -2.65. The van der Waals surface area contributed by atoms with Gasteiger partial charge in [-0.3, -0.25) is 4.79 Å². The van der Waals surface area contributed by atoms with E-state index in [9.17, 15) is 22.0 Å². The lowest BCUT2D eigenvalue weighted by Crippen LogP contribution is -2.30. The van der Waals surface area contributed by atoms with Gasteiger partial charge in [0.05, 0.1) is 11.4 Å². The van der Waals surface area contributed by atoms with Crippen LogP contribution in [0.5, 0.6) is 0 Å². The minimum absolute atomic E-state index is 0.0908. The molecule has 0 aliphatic rings. The van der Waals surface area contributed by atoms with Crippen molar-refractivity contribution in [2.45, 2.75) is 12.3 Å². The number of hydrogen-bond donors (Lipinski definition) is 1. The zero-order valence-corrected chi connectivity index (χ0v) is 16.2. The molecule has 0 spiro atoms. The number of carbonyl (C=O) groups excluding carboxylic acids is 1. The van der Waals surface area contributed by atoms with Crippen molar-refractivity contribution in [1.29, 1.82) is 0 Å². The van der Waals surface area contributed by atoms with Gasteiger partial charge in [-0.25, -0.2) is 22.2 Å². The van der Waals surface area contributed by atoms with Crippen LogP contribution in [0.2, 0.25) is 0 Å². The Labute approximate surface area is 165 Å². The van der Waals surface area contributed by atoms with Gasteiger partial charge in [0, 0.05) is 23.1 Å². The Balaban J connectivity index is 1.58. The second kappa shape index (κ2) is 8.57. The molecule has 0 saturated heterocycles. The van der Waals surface area contributed by atoms with E-state index >= 15 is 0 Å². The van der Waals surface area contributed by atoms with Gasteiger partial charge in [0.25, 0.3) is 0 Å². The first-order valence-corrected chi connectivity index (χ1v) is 10.9. The number of hydrogen-bond acceptors (Lipinski definition) is 5. The van der Waals surface area contributed by atoms with Crippen LogP contribution in [-0.2, 0) is 26.9 Å². The van der Waals surface area contributed by atoms with Gasteiger partial charge in [0.1, 0.15) is 22.4 Å². The highest BCUT2D eigenvalue weighted by Gasteiger charge is 2.19. The Kier molecular flexibility index (Phi) is 6.15. The molecule has 0 fully saturated rings. The van der Waals surface area contributed by atoms with E-state index in [-0.39, 0.29) is 17.9 Å². The van der Waals surface area contributed by atoms with Crippen molar-refractivity contribution in [3.05, 3.63) is 76.8 Å². The Morgan fingerprint density at radius 3 is 2.50 bits per heavy atom. The largest absolute Gasteiger partial charge is 0.351 e. The van der Waals surface area contributed by atoms with Crippen molar-refractivity contribution in [1.82, 2.24) is 10.3 Å². The SMILES string of the molecule is O=C(CS(=O)(=O)Cc1csc(-c2ccc(F)cc2)n1)NCc1ccccc1F. The molecule has 0 aliphatic heterocycles. The Morgan fingerprint density at radius 2 is 1.79 bits per heavy atom. The van der Waals surface area contributed by atoms with Crippen LogP contribution in [0.25, 0.3) is 10.6 Å². The number of amides is 1. The number of aromatic nitrogens is 1. The van der Waals surface area contributed by atoms with Gasteiger partial charge < -0.3 is 5.32 Å². The number of benzene rings is 2. The van der Waals surface area contributed by atoms with E-state index in [4.69, 9.17) is 0 Å². The molecular weight excluding hydrogens is 406 g/mol. The summed E-state index contributed by atoms with van der Waals surface area (Å²) in [5.74, 6) is -2.66. The third-order valence-corrected chi connectivity index (χ3v) is 6.17. The summed E-state index contributed by atoms with van der Waals surface area (Å²) < 4.78 is 51.0. The van der Waals surface area contributed by atoms with Crippen LogP contribution in [0.15, 0.2) is 53.9 Å². The first-order chi connectivity index (χ1) is 13.3. The van der Waals surface area contributed by atoms with E-state index in [1.165, 1.54) is 41.7 Å². The van der Waals surface area contributed by atoms with Gasteiger partial charge in [-0.15, -0.1) is 11.3 Å². The lowest BCUT2D eigenvalue weighted by Gasteiger charge is -2.06. The smallest absolute Gasteiger partial charge is 0.235 e. The number of sulfone groups is 1. The molecule has 3 aromatic rings. The van der Waals surface area contributed by atoms with Crippen molar-refractivity contribution in [2.75, 3.05) is 5.75 Å². The van der Waals surface area contributed by atoms with Gasteiger partial charge in [0.2, 0.25) is 5.91 Å². The average molecular weight is 422 g/mol. The zero-order valence-electron chi connectivity index (χ0n) is 14.6. The number of rotatable bonds is 7. The number of halogens is 2. The molecule has 1 aromatic heterocycles. The summed E-state index contributed by atoms with van der Waals surface area (Å²) in [5.41, 5.74) is 1.26. The fraction of sp³-hybridized carbons (Fsp3) is 0.158. The molecule has 1 heterocycles. The Morgan fingerprint density at radius 1 is 1.07 bits per heavy atom. The molecule has 1 N–H and O–H groups in total. The standard InChI is InChI=1S/C19H16F2N2O3S2/c20-15-7-5-13(6-8-15)19-23-16(10-27-19)11-28(25,26)12-18(24)22-9-14-3-1-2-4-17(14)21/h1-8,10H,9,11-12H2,(H,22,24). The zero-order chi connectivity index (χ0) is 20.1. The van der Waals surface area contributed by atoms with Gasteiger partial charge in [-0.05, 0) is 30.3 Å². The monoisotopic (exact) mass is 422 g/mol. The minimum atomic E-state index is -3.75. The molecule has 0 atom stereocenters. The van der Waals surface area contributed by atoms with Crippen molar-refractivity contribution in [3.8, 4) is 10.6 Å². The summed E-state index contributed by atoms with van der Waals surface area (Å²) in [6.45, 7) is -0.0908. The highest BCUT2D eigenvalue weighted by Crippen LogP contribution is 2.24. The molecule has 9 heteroatoms. The molecular formula is C19H16F2N2O3S2. The lowest BCUT2D eigenvalue weighted by molar-refractivity contribution is -0.118. The van der Waals surface area contributed by atoms with Gasteiger partial charge >= 0.3 is 0 Å². The first kappa shape index (κ1) is 20.1. The summed E-state index contributed by atoms with van der Waals surface area (Å²) in [4.78, 5) is 16.2.